The minimum absolute atomic E-state index is 0.259. The van der Waals surface area contributed by atoms with Crippen molar-refractivity contribution < 1.29 is 27.9 Å². The number of aromatic nitrogens is 1. The molecular formula is C25H24N2O6S2. The van der Waals surface area contributed by atoms with Gasteiger partial charge in [0.05, 0.1) is 4.75 Å². The number of fused-ring (bicyclic) bond motifs is 1. The van der Waals surface area contributed by atoms with Gasteiger partial charge >= 0.3 is 5.97 Å². The van der Waals surface area contributed by atoms with Crippen molar-refractivity contribution >= 4 is 33.1 Å². The first-order valence-electron chi connectivity index (χ1n) is 11.1. The monoisotopic (exact) mass is 512 g/mol. The van der Waals surface area contributed by atoms with Crippen molar-refractivity contribution in [1.29, 1.82) is 0 Å². The van der Waals surface area contributed by atoms with E-state index in [-0.39, 0.29) is 5.01 Å². The highest BCUT2D eigenvalue weighted by Gasteiger charge is 2.73. The van der Waals surface area contributed by atoms with E-state index < -0.39 is 56.0 Å². The molecule has 3 aromatic rings. The van der Waals surface area contributed by atoms with Gasteiger partial charge in [-0.15, -0.1) is 11.3 Å². The summed E-state index contributed by atoms with van der Waals surface area (Å²) in [6.07, 6.45) is -0.675. The molecule has 1 N–H and O–H groups in total. The largest absolute Gasteiger partial charge is 0.451 e. The summed E-state index contributed by atoms with van der Waals surface area (Å²) in [5.41, 5.74) is 1.43. The van der Waals surface area contributed by atoms with Crippen LogP contribution in [0.3, 0.4) is 0 Å². The van der Waals surface area contributed by atoms with Crippen LogP contribution in [0.5, 0.6) is 0 Å². The SMILES string of the molecule is CC1(C)[C@H](C(=O)OC(c2ccccc2)c2ccccc2)N2C(=O)[C@@H](C(O)c3nccs3)[C@H]2S1(=O)=O. The summed E-state index contributed by atoms with van der Waals surface area (Å²) < 4.78 is 31.4. The first-order valence-corrected chi connectivity index (χ1v) is 13.5. The zero-order valence-corrected chi connectivity index (χ0v) is 20.6. The summed E-state index contributed by atoms with van der Waals surface area (Å²) in [6.45, 7) is 2.85. The third-order valence-corrected chi connectivity index (χ3v) is 10.5. The molecule has 0 spiro atoms. The number of amides is 1. The van der Waals surface area contributed by atoms with Gasteiger partial charge in [0.2, 0.25) is 5.91 Å². The number of carbonyl (C=O) groups excluding carboxylic acids is 2. The van der Waals surface area contributed by atoms with Crippen LogP contribution in [-0.2, 0) is 24.2 Å². The highest BCUT2D eigenvalue weighted by atomic mass is 32.2. The Hall–Kier alpha value is -3.08. The Morgan fingerprint density at radius 1 is 1.09 bits per heavy atom. The fraction of sp³-hybridized carbons (Fsp3) is 0.320. The zero-order chi connectivity index (χ0) is 25.0. The first-order chi connectivity index (χ1) is 16.7. The van der Waals surface area contributed by atoms with Crippen LogP contribution in [0.1, 0.15) is 42.2 Å². The van der Waals surface area contributed by atoms with Gasteiger partial charge in [-0.3, -0.25) is 4.79 Å². The molecule has 0 saturated carbocycles. The molecule has 4 atom stereocenters. The van der Waals surface area contributed by atoms with Gasteiger partial charge in [-0.2, -0.15) is 0 Å². The predicted octanol–water partition coefficient (Wildman–Crippen LogP) is 2.87. The molecular weight excluding hydrogens is 488 g/mol. The van der Waals surface area contributed by atoms with E-state index in [0.29, 0.717) is 11.1 Å². The number of sulfone groups is 1. The molecule has 2 aliphatic rings. The minimum Gasteiger partial charge on any atom is -0.451 e. The predicted molar refractivity (Wildman–Crippen MR) is 129 cm³/mol. The van der Waals surface area contributed by atoms with Crippen LogP contribution < -0.4 is 0 Å². The van der Waals surface area contributed by atoms with E-state index in [4.69, 9.17) is 4.74 Å². The van der Waals surface area contributed by atoms with Crippen LogP contribution in [0.25, 0.3) is 0 Å². The molecule has 0 bridgehead atoms. The summed E-state index contributed by atoms with van der Waals surface area (Å²) in [6, 6.07) is 16.9. The molecule has 2 saturated heterocycles. The maximum Gasteiger partial charge on any atom is 0.331 e. The number of aliphatic hydroxyl groups is 1. The maximum absolute atomic E-state index is 13.6. The normalized spacial score (nSPS) is 25.1. The standard InChI is InChI=1S/C25H24N2O6S2/c1-25(2)20(24(30)33-19(15-9-5-3-6-10-15)16-11-7-4-8-12-16)27-22(29)17(23(27)35(25,31)32)18(28)21-26-13-14-34-21/h3-14,17-20,23,28H,1-2H3/t17-,18?,20+,23-/m1/s1. The number of hydrogen-bond donors (Lipinski definition) is 1. The van der Waals surface area contributed by atoms with Crippen LogP contribution in [0.15, 0.2) is 72.2 Å². The second-order valence-electron chi connectivity index (χ2n) is 9.17. The molecule has 0 radical (unpaired) electrons. The lowest BCUT2D eigenvalue weighted by atomic mass is 9.88. The summed E-state index contributed by atoms with van der Waals surface area (Å²) >= 11 is 1.14. The van der Waals surface area contributed by atoms with Crippen molar-refractivity contribution in [3.05, 3.63) is 88.4 Å². The number of esters is 1. The molecule has 1 aromatic heterocycles. The molecule has 8 nitrogen and oxygen atoms in total. The summed E-state index contributed by atoms with van der Waals surface area (Å²) in [4.78, 5) is 31.8. The van der Waals surface area contributed by atoms with E-state index in [9.17, 15) is 23.1 Å². The molecule has 3 heterocycles. The molecule has 35 heavy (non-hydrogen) atoms. The van der Waals surface area contributed by atoms with Crippen molar-refractivity contribution in [1.82, 2.24) is 9.88 Å². The lowest BCUT2D eigenvalue weighted by Crippen LogP contribution is -2.65. The summed E-state index contributed by atoms with van der Waals surface area (Å²) in [5.74, 6) is -2.64. The van der Waals surface area contributed by atoms with Gasteiger partial charge in [-0.25, -0.2) is 18.2 Å². The van der Waals surface area contributed by atoms with Crippen molar-refractivity contribution in [2.24, 2.45) is 5.92 Å². The second kappa shape index (κ2) is 8.54. The molecule has 10 heteroatoms. The van der Waals surface area contributed by atoms with E-state index in [1.165, 1.54) is 20.0 Å². The van der Waals surface area contributed by atoms with Gasteiger partial charge in [0.15, 0.2) is 15.9 Å². The second-order valence-corrected chi connectivity index (χ2v) is 12.7. The van der Waals surface area contributed by atoms with Crippen molar-refractivity contribution in [2.45, 2.75) is 42.2 Å². The lowest BCUT2D eigenvalue weighted by Gasteiger charge is -2.44. The molecule has 5 rings (SSSR count). The maximum atomic E-state index is 13.6. The van der Waals surface area contributed by atoms with E-state index >= 15 is 0 Å². The number of β-lactam (4-membered cyclic amide) rings is 1. The third-order valence-electron chi connectivity index (χ3n) is 6.82. The van der Waals surface area contributed by atoms with Crippen molar-refractivity contribution in [3.63, 3.8) is 0 Å². The highest BCUT2D eigenvalue weighted by molar-refractivity contribution is 7.93. The Morgan fingerprint density at radius 3 is 2.17 bits per heavy atom. The highest BCUT2D eigenvalue weighted by Crippen LogP contribution is 2.52. The van der Waals surface area contributed by atoms with Crippen molar-refractivity contribution in [3.8, 4) is 0 Å². The first kappa shape index (κ1) is 23.7. The number of hydrogen-bond acceptors (Lipinski definition) is 8. The molecule has 1 amide bonds. The van der Waals surface area contributed by atoms with Crippen LogP contribution in [0, 0.1) is 5.92 Å². The number of ether oxygens (including phenoxy) is 1. The Balaban J connectivity index is 1.48. The fourth-order valence-corrected chi connectivity index (χ4v) is 7.90. The van der Waals surface area contributed by atoms with Gasteiger partial charge in [0, 0.05) is 11.6 Å². The van der Waals surface area contributed by atoms with E-state index in [1.807, 2.05) is 60.7 Å². The van der Waals surface area contributed by atoms with Crippen molar-refractivity contribution in [2.75, 3.05) is 0 Å². The Labute approximate surface area is 207 Å². The number of nitrogens with zero attached hydrogens (tertiary/aromatic N) is 2. The van der Waals surface area contributed by atoms with E-state index in [0.717, 1.165) is 16.2 Å². The number of rotatable bonds is 6. The van der Waals surface area contributed by atoms with Crippen LogP contribution in [0.4, 0.5) is 0 Å². The Bertz CT molecular complexity index is 1300. The molecule has 2 aliphatic heterocycles. The van der Waals surface area contributed by atoms with Gasteiger partial charge in [0.25, 0.3) is 0 Å². The quantitative estimate of drug-likeness (QED) is 0.399. The number of carbonyl (C=O) groups is 2. The molecule has 182 valence electrons. The van der Waals surface area contributed by atoms with Gasteiger partial charge < -0.3 is 14.7 Å². The summed E-state index contributed by atoms with van der Waals surface area (Å²) in [5, 5.41) is 11.3. The molecule has 0 aliphatic carbocycles. The minimum atomic E-state index is -4.02. The average Bonchev–Trinajstić information content (AvgIpc) is 3.43. The molecule has 2 fully saturated rings. The Morgan fingerprint density at radius 2 is 1.66 bits per heavy atom. The third kappa shape index (κ3) is 3.59. The number of aliphatic hydroxyl groups excluding tert-OH is 1. The summed E-state index contributed by atoms with van der Waals surface area (Å²) in [7, 11) is -4.02. The van der Waals surface area contributed by atoms with Gasteiger partial charge in [-0.1, -0.05) is 60.7 Å². The number of benzene rings is 2. The van der Waals surface area contributed by atoms with Crippen LogP contribution >= 0.6 is 11.3 Å². The van der Waals surface area contributed by atoms with Crippen LogP contribution in [0.2, 0.25) is 0 Å². The van der Waals surface area contributed by atoms with Gasteiger partial charge in [-0.05, 0) is 25.0 Å². The smallest absolute Gasteiger partial charge is 0.331 e. The zero-order valence-electron chi connectivity index (χ0n) is 19.0. The van der Waals surface area contributed by atoms with E-state index in [1.54, 1.807) is 5.38 Å². The molecule has 1 unspecified atom stereocenters. The lowest BCUT2D eigenvalue weighted by molar-refractivity contribution is -0.173. The fourth-order valence-electron chi connectivity index (χ4n) is 4.92. The topological polar surface area (TPSA) is 114 Å². The van der Waals surface area contributed by atoms with Crippen LogP contribution in [-0.4, -0.2) is 51.4 Å². The Kier molecular flexibility index (Phi) is 5.77. The van der Waals surface area contributed by atoms with E-state index in [2.05, 4.69) is 4.98 Å². The molecule has 2 aromatic carbocycles. The van der Waals surface area contributed by atoms with Gasteiger partial charge in [0.1, 0.15) is 28.4 Å². The average molecular weight is 513 g/mol. The number of thiazole rings is 1.